The number of benzene rings is 1. The summed E-state index contributed by atoms with van der Waals surface area (Å²) >= 11 is 0. The number of nitrogens with zero attached hydrogens (tertiary/aromatic N) is 1. The van der Waals surface area contributed by atoms with Gasteiger partial charge in [-0.05, 0) is 26.8 Å². The lowest BCUT2D eigenvalue weighted by Gasteiger charge is -2.37. The number of halogens is 1. The van der Waals surface area contributed by atoms with Crippen LogP contribution in [0.1, 0.15) is 32.4 Å². The van der Waals surface area contributed by atoms with E-state index in [1.165, 1.54) is 13.2 Å². The first-order valence-electron chi connectivity index (χ1n) is 7.35. The lowest BCUT2D eigenvalue weighted by Crippen LogP contribution is -2.50. The number of hydrogen-bond acceptors (Lipinski definition) is 4. The number of nitrogens with one attached hydrogen (secondary N) is 1. The van der Waals surface area contributed by atoms with Crippen molar-refractivity contribution in [1.29, 1.82) is 0 Å². The number of hydrogen-bond donors (Lipinski definition) is 1. The molecule has 0 radical (unpaired) electrons. The number of rotatable bonds is 2. The highest BCUT2D eigenvalue weighted by Gasteiger charge is 2.32. The molecule has 0 spiro atoms. The average molecular weight is 310 g/mol. The van der Waals surface area contributed by atoms with Crippen molar-refractivity contribution < 1.29 is 18.7 Å². The van der Waals surface area contributed by atoms with E-state index < -0.39 is 17.7 Å². The van der Waals surface area contributed by atoms with Crippen molar-refractivity contribution in [3.63, 3.8) is 0 Å². The number of carbonyl (C=O) groups is 1. The molecule has 1 heterocycles. The van der Waals surface area contributed by atoms with Gasteiger partial charge in [0.15, 0.2) is 0 Å². The number of methoxy groups -OCH3 is 1. The topological polar surface area (TPSA) is 50.8 Å². The third kappa shape index (κ3) is 3.88. The van der Waals surface area contributed by atoms with Crippen molar-refractivity contribution in [3.05, 3.63) is 29.6 Å². The second-order valence-electron chi connectivity index (χ2n) is 6.28. The van der Waals surface area contributed by atoms with E-state index in [1.54, 1.807) is 17.0 Å². The van der Waals surface area contributed by atoms with Crippen molar-refractivity contribution in [3.8, 4) is 5.75 Å². The van der Waals surface area contributed by atoms with Crippen LogP contribution in [0.2, 0.25) is 0 Å². The molecule has 1 aromatic rings. The summed E-state index contributed by atoms with van der Waals surface area (Å²) in [4.78, 5) is 13.9. The maximum absolute atomic E-state index is 14.3. The lowest BCUT2D eigenvalue weighted by atomic mass is 10.0. The van der Waals surface area contributed by atoms with Gasteiger partial charge in [0.05, 0.1) is 13.2 Å². The Morgan fingerprint density at radius 2 is 2.14 bits per heavy atom. The van der Waals surface area contributed by atoms with Gasteiger partial charge in [-0.2, -0.15) is 0 Å². The number of amides is 1. The molecule has 1 aliphatic rings. The molecule has 0 bridgehead atoms. The zero-order chi connectivity index (χ0) is 16.3. The van der Waals surface area contributed by atoms with Gasteiger partial charge in [-0.3, -0.25) is 4.90 Å². The van der Waals surface area contributed by atoms with Crippen LogP contribution in [0.15, 0.2) is 18.2 Å². The molecule has 1 aliphatic heterocycles. The van der Waals surface area contributed by atoms with Crippen LogP contribution in [0.4, 0.5) is 9.18 Å². The molecule has 6 heteroatoms. The minimum absolute atomic E-state index is 0.387. The highest BCUT2D eigenvalue weighted by Crippen LogP contribution is 2.28. The average Bonchev–Trinajstić information content (AvgIpc) is 2.45. The highest BCUT2D eigenvalue weighted by molar-refractivity contribution is 5.69. The maximum Gasteiger partial charge on any atom is 0.410 e. The summed E-state index contributed by atoms with van der Waals surface area (Å²) in [5, 5.41) is 3.19. The van der Waals surface area contributed by atoms with E-state index in [4.69, 9.17) is 9.47 Å². The summed E-state index contributed by atoms with van der Waals surface area (Å²) in [5.74, 6) is 0.0652. The van der Waals surface area contributed by atoms with Gasteiger partial charge in [0, 0.05) is 31.3 Å². The summed E-state index contributed by atoms with van der Waals surface area (Å²) in [7, 11) is 1.49. The molecule has 1 unspecified atom stereocenters. The van der Waals surface area contributed by atoms with Crippen LogP contribution in [-0.2, 0) is 4.74 Å². The van der Waals surface area contributed by atoms with E-state index in [0.29, 0.717) is 30.9 Å². The Balaban J connectivity index is 2.24. The van der Waals surface area contributed by atoms with Crippen LogP contribution in [0.3, 0.4) is 0 Å². The molecule has 1 atom stereocenters. The molecule has 2 rings (SSSR count). The summed E-state index contributed by atoms with van der Waals surface area (Å²) in [6.07, 6.45) is -0.422. The van der Waals surface area contributed by atoms with Crippen LogP contribution < -0.4 is 10.1 Å². The van der Waals surface area contributed by atoms with E-state index >= 15 is 0 Å². The maximum atomic E-state index is 14.3. The fourth-order valence-corrected chi connectivity index (χ4v) is 2.43. The number of carbonyl (C=O) groups excluding carboxylic acids is 1. The minimum atomic E-state index is -0.578. The molecule has 0 aliphatic carbocycles. The van der Waals surface area contributed by atoms with Crippen LogP contribution in [0, 0.1) is 5.82 Å². The molecule has 22 heavy (non-hydrogen) atoms. The normalized spacial score (nSPS) is 19.0. The van der Waals surface area contributed by atoms with E-state index in [0.717, 1.165) is 0 Å². The molecule has 0 saturated carbocycles. The van der Waals surface area contributed by atoms with Crippen LogP contribution in [0.25, 0.3) is 0 Å². The first-order chi connectivity index (χ1) is 10.3. The second kappa shape index (κ2) is 6.52. The van der Waals surface area contributed by atoms with Gasteiger partial charge in [0.1, 0.15) is 17.2 Å². The fraction of sp³-hybridized carbons (Fsp3) is 0.562. The Bertz CT molecular complexity index is 543. The van der Waals surface area contributed by atoms with Gasteiger partial charge in [-0.25, -0.2) is 9.18 Å². The van der Waals surface area contributed by atoms with Crippen LogP contribution in [-0.4, -0.2) is 43.3 Å². The lowest BCUT2D eigenvalue weighted by molar-refractivity contribution is 0.0114. The summed E-state index contributed by atoms with van der Waals surface area (Å²) in [6, 6.07) is 4.29. The van der Waals surface area contributed by atoms with Gasteiger partial charge in [0.2, 0.25) is 0 Å². The molecular formula is C16H23FN2O3. The summed E-state index contributed by atoms with van der Waals surface area (Å²) in [6.45, 7) is 7.07. The van der Waals surface area contributed by atoms with Gasteiger partial charge in [-0.1, -0.05) is 6.07 Å². The standard InChI is InChI=1S/C16H23FN2O3/c1-16(2,3)22-15(20)19-8-7-18-10-14(19)12-6-5-11(21-4)9-13(12)17/h5-6,9,14,18H,7-8,10H2,1-4H3. The monoisotopic (exact) mass is 310 g/mol. The Labute approximate surface area is 130 Å². The molecule has 1 fully saturated rings. The van der Waals surface area contributed by atoms with E-state index in [1.807, 2.05) is 20.8 Å². The first-order valence-corrected chi connectivity index (χ1v) is 7.35. The molecule has 1 saturated heterocycles. The van der Waals surface area contributed by atoms with Gasteiger partial charge in [0.25, 0.3) is 0 Å². The van der Waals surface area contributed by atoms with Gasteiger partial charge < -0.3 is 14.8 Å². The summed E-state index contributed by atoms with van der Waals surface area (Å²) in [5.41, 5.74) is -0.121. The Kier molecular flexibility index (Phi) is 4.90. The second-order valence-corrected chi connectivity index (χ2v) is 6.28. The van der Waals surface area contributed by atoms with Crippen molar-refractivity contribution >= 4 is 6.09 Å². The summed E-state index contributed by atoms with van der Waals surface area (Å²) < 4.78 is 24.8. The van der Waals surface area contributed by atoms with Crippen LogP contribution >= 0.6 is 0 Å². The van der Waals surface area contributed by atoms with E-state index in [2.05, 4.69) is 5.32 Å². The molecule has 1 aromatic carbocycles. The molecule has 5 nitrogen and oxygen atoms in total. The van der Waals surface area contributed by atoms with E-state index in [-0.39, 0.29) is 5.82 Å². The molecule has 0 aromatic heterocycles. The third-order valence-electron chi connectivity index (χ3n) is 3.44. The SMILES string of the molecule is COc1ccc(C2CNCCN2C(=O)OC(C)(C)C)c(F)c1. The molecular weight excluding hydrogens is 287 g/mol. The number of ether oxygens (including phenoxy) is 2. The Hall–Kier alpha value is -1.82. The zero-order valence-electron chi connectivity index (χ0n) is 13.5. The van der Waals surface area contributed by atoms with E-state index in [9.17, 15) is 9.18 Å². The van der Waals surface area contributed by atoms with Crippen molar-refractivity contribution in [2.24, 2.45) is 0 Å². The zero-order valence-corrected chi connectivity index (χ0v) is 13.5. The molecule has 122 valence electrons. The Morgan fingerprint density at radius 1 is 1.41 bits per heavy atom. The minimum Gasteiger partial charge on any atom is -0.497 e. The number of piperazine rings is 1. The van der Waals surface area contributed by atoms with Crippen molar-refractivity contribution in [1.82, 2.24) is 10.2 Å². The van der Waals surface area contributed by atoms with Gasteiger partial charge in [-0.15, -0.1) is 0 Å². The van der Waals surface area contributed by atoms with Crippen molar-refractivity contribution in [2.75, 3.05) is 26.7 Å². The fourth-order valence-electron chi connectivity index (χ4n) is 2.43. The predicted molar refractivity (Wildman–Crippen MR) is 81.5 cm³/mol. The van der Waals surface area contributed by atoms with Crippen molar-refractivity contribution in [2.45, 2.75) is 32.4 Å². The van der Waals surface area contributed by atoms with Gasteiger partial charge >= 0.3 is 6.09 Å². The molecule has 1 amide bonds. The Morgan fingerprint density at radius 3 is 2.73 bits per heavy atom. The smallest absolute Gasteiger partial charge is 0.410 e. The van der Waals surface area contributed by atoms with Crippen LogP contribution in [0.5, 0.6) is 5.75 Å². The third-order valence-corrected chi connectivity index (χ3v) is 3.44. The predicted octanol–water partition coefficient (Wildman–Crippen LogP) is 2.72. The quantitative estimate of drug-likeness (QED) is 0.912. The largest absolute Gasteiger partial charge is 0.497 e. The highest BCUT2D eigenvalue weighted by atomic mass is 19.1. The first kappa shape index (κ1) is 16.5. The molecule has 1 N–H and O–H groups in total.